The summed E-state index contributed by atoms with van der Waals surface area (Å²) in [6.45, 7) is 4.23. The summed E-state index contributed by atoms with van der Waals surface area (Å²) in [6.07, 6.45) is 0. The van der Waals surface area contributed by atoms with Crippen molar-refractivity contribution >= 4 is 23.0 Å². The van der Waals surface area contributed by atoms with E-state index in [-0.39, 0.29) is 17.2 Å². The van der Waals surface area contributed by atoms with Gasteiger partial charge in [-0.3, -0.25) is 10.1 Å². The van der Waals surface area contributed by atoms with Gasteiger partial charge in [0.25, 0.3) is 0 Å². The Balaban J connectivity index is 2.46. The van der Waals surface area contributed by atoms with Gasteiger partial charge in [0.1, 0.15) is 11.6 Å². The molecule has 0 aliphatic carbocycles. The molecule has 0 unspecified atom stereocenters. The first-order chi connectivity index (χ1) is 10.0. The number of hydrogen-bond acceptors (Lipinski definition) is 5. The average molecular weight is 290 g/mol. The van der Waals surface area contributed by atoms with E-state index in [0.29, 0.717) is 17.9 Å². The maximum atomic E-state index is 13.8. The van der Waals surface area contributed by atoms with Gasteiger partial charge in [-0.05, 0) is 31.5 Å². The van der Waals surface area contributed by atoms with E-state index in [1.165, 1.54) is 18.2 Å². The molecule has 0 aliphatic heterocycles. The summed E-state index contributed by atoms with van der Waals surface area (Å²) in [5, 5.41) is 16.7. The van der Waals surface area contributed by atoms with Crippen LogP contribution in [0.15, 0.2) is 30.3 Å². The molecule has 0 radical (unpaired) electrons. The zero-order chi connectivity index (χ0) is 15.4. The zero-order valence-electron chi connectivity index (χ0n) is 11.7. The smallest absolute Gasteiger partial charge is 0.311 e. The molecule has 21 heavy (non-hydrogen) atoms. The number of aromatic nitrogens is 1. The third-order valence-corrected chi connectivity index (χ3v) is 2.89. The van der Waals surface area contributed by atoms with Gasteiger partial charge in [-0.1, -0.05) is 12.1 Å². The van der Waals surface area contributed by atoms with Crippen molar-refractivity contribution in [3.63, 3.8) is 0 Å². The highest BCUT2D eigenvalue weighted by Gasteiger charge is 2.18. The van der Waals surface area contributed by atoms with E-state index in [0.717, 1.165) is 0 Å². The summed E-state index contributed by atoms with van der Waals surface area (Å²) in [5.74, 6) is 0.00574. The lowest BCUT2D eigenvalue weighted by Crippen LogP contribution is -2.06. The van der Waals surface area contributed by atoms with Crippen LogP contribution in [0.5, 0.6) is 0 Å². The first-order valence-corrected chi connectivity index (χ1v) is 6.44. The molecule has 0 atom stereocenters. The molecule has 2 rings (SSSR count). The summed E-state index contributed by atoms with van der Waals surface area (Å²) in [5.41, 5.74) is 0.612. The van der Waals surface area contributed by atoms with Gasteiger partial charge in [0.15, 0.2) is 0 Å². The molecule has 6 nitrogen and oxygen atoms in total. The minimum atomic E-state index is -0.554. The van der Waals surface area contributed by atoms with Gasteiger partial charge in [-0.25, -0.2) is 9.37 Å². The molecule has 0 aliphatic rings. The number of para-hydroxylation sites is 1. The summed E-state index contributed by atoms with van der Waals surface area (Å²) in [4.78, 5) is 14.6. The fraction of sp³-hybridized carbons (Fsp3) is 0.214. The number of nitrogens with one attached hydrogen (secondary N) is 2. The minimum Gasteiger partial charge on any atom is -0.370 e. The minimum absolute atomic E-state index is 0.00616. The molecule has 0 fully saturated rings. The Morgan fingerprint density at radius 1 is 1.33 bits per heavy atom. The van der Waals surface area contributed by atoms with Gasteiger partial charge in [-0.15, -0.1) is 0 Å². The van der Waals surface area contributed by atoms with Crippen LogP contribution in [0, 0.1) is 22.9 Å². The SMILES string of the molecule is CCNc1ccc([N+](=O)[O-])c(Nc2c(C)cccc2F)n1. The predicted molar refractivity (Wildman–Crippen MR) is 79.5 cm³/mol. The summed E-state index contributed by atoms with van der Waals surface area (Å²) < 4.78 is 13.8. The molecule has 0 bridgehead atoms. The third-order valence-electron chi connectivity index (χ3n) is 2.89. The second-order valence-corrected chi connectivity index (χ2v) is 4.41. The van der Waals surface area contributed by atoms with Crippen molar-refractivity contribution in [3.05, 3.63) is 51.8 Å². The van der Waals surface area contributed by atoms with Crippen molar-refractivity contribution in [2.24, 2.45) is 0 Å². The predicted octanol–water partition coefficient (Wildman–Crippen LogP) is 3.61. The maximum Gasteiger partial charge on any atom is 0.311 e. The fourth-order valence-electron chi connectivity index (χ4n) is 1.88. The lowest BCUT2D eigenvalue weighted by Gasteiger charge is -2.11. The van der Waals surface area contributed by atoms with E-state index in [2.05, 4.69) is 15.6 Å². The Kier molecular flexibility index (Phi) is 4.32. The number of nitrogens with zero attached hydrogens (tertiary/aromatic N) is 2. The van der Waals surface area contributed by atoms with Gasteiger partial charge in [0, 0.05) is 12.6 Å². The normalized spacial score (nSPS) is 10.2. The monoisotopic (exact) mass is 290 g/mol. The Morgan fingerprint density at radius 2 is 2.10 bits per heavy atom. The summed E-state index contributed by atoms with van der Waals surface area (Å²) in [7, 11) is 0. The Morgan fingerprint density at radius 3 is 2.71 bits per heavy atom. The zero-order valence-corrected chi connectivity index (χ0v) is 11.7. The summed E-state index contributed by atoms with van der Waals surface area (Å²) >= 11 is 0. The number of rotatable bonds is 5. The fourth-order valence-corrected chi connectivity index (χ4v) is 1.88. The summed E-state index contributed by atoms with van der Waals surface area (Å²) in [6, 6.07) is 7.43. The highest BCUT2D eigenvalue weighted by atomic mass is 19.1. The van der Waals surface area contributed by atoms with Crippen molar-refractivity contribution in [2.75, 3.05) is 17.2 Å². The van der Waals surface area contributed by atoms with Gasteiger partial charge in [0.2, 0.25) is 5.82 Å². The molecule has 0 amide bonds. The molecule has 0 saturated heterocycles. The van der Waals surface area contributed by atoms with Crippen molar-refractivity contribution in [1.82, 2.24) is 4.98 Å². The molecule has 0 spiro atoms. The standard InChI is InChI=1S/C14H15FN4O2/c1-3-16-12-8-7-11(19(20)21)14(17-12)18-13-9(2)5-4-6-10(13)15/h4-8H,3H2,1-2H3,(H2,16,17,18). The Labute approximate surface area is 121 Å². The number of anilines is 3. The highest BCUT2D eigenvalue weighted by molar-refractivity contribution is 5.69. The van der Waals surface area contributed by atoms with Crippen molar-refractivity contribution in [1.29, 1.82) is 0 Å². The molecule has 0 saturated carbocycles. The first kappa shape index (κ1) is 14.7. The second kappa shape index (κ2) is 6.17. The molecule has 1 heterocycles. The Bertz CT molecular complexity index is 656. The van der Waals surface area contributed by atoms with Gasteiger partial charge < -0.3 is 10.6 Å². The Hall–Kier alpha value is -2.70. The van der Waals surface area contributed by atoms with Crippen LogP contribution in [0.3, 0.4) is 0 Å². The van der Waals surface area contributed by atoms with E-state index in [1.807, 2.05) is 6.92 Å². The number of pyridine rings is 1. The van der Waals surface area contributed by atoms with Crippen LogP contribution in [-0.4, -0.2) is 16.5 Å². The van der Waals surface area contributed by atoms with Gasteiger partial charge in [-0.2, -0.15) is 0 Å². The van der Waals surface area contributed by atoms with Crippen LogP contribution in [0.4, 0.5) is 27.4 Å². The maximum absolute atomic E-state index is 13.8. The molecule has 1 aromatic heterocycles. The van der Waals surface area contributed by atoms with Crippen LogP contribution < -0.4 is 10.6 Å². The quantitative estimate of drug-likeness (QED) is 0.649. The van der Waals surface area contributed by atoms with Crippen LogP contribution in [0.2, 0.25) is 0 Å². The average Bonchev–Trinajstić information content (AvgIpc) is 2.43. The van der Waals surface area contributed by atoms with Crippen molar-refractivity contribution in [2.45, 2.75) is 13.8 Å². The first-order valence-electron chi connectivity index (χ1n) is 6.44. The number of aryl methyl sites for hydroxylation is 1. The van der Waals surface area contributed by atoms with Crippen molar-refractivity contribution < 1.29 is 9.31 Å². The van der Waals surface area contributed by atoms with Crippen LogP contribution in [0.25, 0.3) is 0 Å². The number of hydrogen-bond donors (Lipinski definition) is 2. The molecule has 110 valence electrons. The van der Waals surface area contributed by atoms with Gasteiger partial charge in [0.05, 0.1) is 10.6 Å². The second-order valence-electron chi connectivity index (χ2n) is 4.41. The van der Waals surface area contributed by atoms with E-state index in [4.69, 9.17) is 0 Å². The van der Waals surface area contributed by atoms with E-state index >= 15 is 0 Å². The lowest BCUT2D eigenvalue weighted by molar-refractivity contribution is -0.384. The number of benzene rings is 1. The van der Waals surface area contributed by atoms with Crippen LogP contribution in [-0.2, 0) is 0 Å². The molecular weight excluding hydrogens is 275 g/mol. The molecule has 1 aromatic carbocycles. The van der Waals surface area contributed by atoms with Crippen LogP contribution >= 0.6 is 0 Å². The molecule has 2 N–H and O–H groups in total. The lowest BCUT2D eigenvalue weighted by atomic mass is 10.2. The van der Waals surface area contributed by atoms with Crippen molar-refractivity contribution in [3.8, 4) is 0 Å². The number of halogens is 1. The molecule has 2 aromatic rings. The van der Waals surface area contributed by atoms with E-state index < -0.39 is 10.7 Å². The van der Waals surface area contributed by atoms with E-state index in [1.54, 1.807) is 19.1 Å². The van der Waals surface area contributed by atoms with E-state index in [9.17, 15) is 14.5 Å². The van der Waals surface area contributed by atoms with Gasteiger partial charge >= 0.3 is 5.69 Å². The number of nitro groups is 1. The van der Waals surface area contributed by atoms with Crippen LogP contribution in [0.1, 0.15) is 12.5 Å². The topological polar surface area (TPSA) is 80.1 Å². The molecular formula is C14H15FN4O2. The largest absolute Gasteiger partial charge is 0.370 e. The third kappa shape index (κ3) is 3.25. The molecule has 7 heteroatoms. The highest BCUT2D eigenvalue weighted by Crippen LogP contribution is 2.29.